The smallest absolute Gasteiger partial charge is 0.158 e. The fraction of sp³-hybridized carbons (Fsp3) is 0.739. The van der Waals surface area contributed by atoms with Crippen molar-refractivity contribution < 1.29 is 9.59 Å². The van der Waals surface area contributed by atoms with Crippen LogP contribution in [0.25, 0.3) is 0 Å². The van der Waals surface area contributed by atoms with Crippen LogP contribution in [-0.4, -0.2) is 11.6 Å². The van der Waals surface area contributed by atoms with E-state index in [1.807, 2.05) is 13.0 Å². The summed E-state index contributed by atoms with van der Waals surface area (Å²) in [7, 11) is 0. The number of fused-ring (bicyclic) bond motifs is 3. The van der Waals surface area contributed by atoms with Crippen molar-refractivity contribution >= 4 is 11.6 Å². The van der Waals surface area contributed by atoms with Crippen LogP contribution in [0.1, 0.15) is 65.7 Å². The number of rotatable bonds is 1. The van der Waals surface area contributed by atoms with Crippen LogP contribution in [-0.2, 0) is 9.59 Å². The molecule has 3 fully saturated rings. The Morgan fingerprint density at radius 2 is 1.96 bits per heavy atom. The number of carbonyl (C=O) groups is 2. The first-order valence-corrected chi connectivity index (χ1v) is 10.3. The molecule has 0 amide bonds. The molecule has 0 radical (unpaired) electrons. The van der Waals surface area contributed by atoms with Gasteiger partial charge in [-0.25, -0.2) is 0 Å². The van der Waals surface area contributed by atoms with E-state index in [-0.39, 0.29) is 22.2 Å². The lowest BCUT2D eigenvalue weighted by Gasteiger charge is -2.59. The lowest BCUT2D eigenvalue weighted by atomic mass is 9.44. The molecule has 2 nitrogen and oxygen atoms in total. The minimum absolute atomic E-state index is 0.129. The van der Waals surface area contributed by atoms with Crippen LogP contribution in [0.5, 0.6) is 0 Å². The van der Waals surface area contributed by atoms with E-state index < -0.39 is 0 Å². The fourth-order valence-corrected chi connectivity index (χ4v) is 8.15. The second-order valence-corrected chi connectivity index (χ2v) is 9.95. The summed E-state index contributed by atoms with van der Waals surface area (Å²) >= 11 is 0. The lowest BCUT2D eigenvalue weighted by Crippen LogP contribution is -2.54. The maximum absolute atomic E-state index is 12.7. The highest BCUT2D eigenvalue weighted by molar-refractivity contribution is 5.93. The zero-order valence-corrected chi connectivity index (χ0v) is 15.8. The first-order valence-electron chi connectivity index (χ1n) is 10.3. The van der Waals surface area contributed by atoms with E-state index in [0.29, 0.717) is 29.3 Å². The molecular weight excluding hydrogens is 308 g/mol. The molecule has 0 N–H and O–H groups in total. The molecule has 7 atom stereocenters. The molecule has 5 aliphatic rings. The topological polar surface area (TPSA) is 34.1 Å². The maximum atomic E-state index is 12.7. The summed E-state index contributed by atoms with van der Waals surface area (Å²) in [6, 6.07) is 0. The third kappa shape index (κ3) is 1.63. The predicted molar refractivity (Wildman–Crippen MR) is 97.8 cm³/mol. The minimum Gasteiger partial charge on any atom is -0.299 e. The number of carbonyl (C=O) groups excluding carboxylic acids is 2. The highest BCUT2D eigenvalue weighted by atomic mass is 16.1. The van der Waals surface area contributed by atoms with Crippen molar-refractivity contribution in [3.05, 3.63) is 23.8 Å². The van der Waals surface area contributed by atoms with Gasteiger partial charge in [0, 0.05) is 5.92 Å². The monoisotopic (exact) mass is 338 g/mol. The Morgan fingerprint density at radius 3 is 2.64 bits per heavy atom. The van der Waals surface area contributed by atoms with Gasteiger partial charge in [-0.15, -0.1) is 0 Å². The van der Waals surface area contributed by atoms with E-state index in [1.165, 1.54) is 31.3 Å². The van der Waals surface area contributed by atoms with Crippen molar-refractivity contribution in [2.24, 2.45) is 39.9 Å². The Bertz CT molecular complexity index is 730. The number of Topliss-reactive ketones (excluding diaryl/α,β-unsaturated/α-hetero) is 1. The first kappa shape index (κ1) is 16.0. The molecule has 134 valence electrons. The van der Waals surface area contributed by atoms with E-state index in [2.05, 4.69) is 26.0 Å². The van der Waals surface area contributed by atoms with Crippen molar-refractivity contribution in [3.8, 4) is 0 Å². The van der Waals surface area contributed by atoms with Crippen LogP contribution in [0, 0.1) is 39.9 Å². The molecule has 2 unspecified atom stereocenters. The Hall–Kier alpha value is -1.18. The molecule has 0 aliphatic heterocycles. The molecular formula is C23H30O2. The number of ketones is 2. The third-order valence-corrected chi connectivity index (χ3v) is 9.55. The largest absolute Gasteiger partial charge is 0.299 e. The second-order valence-electron chi connectivity index (χ2n) is 9.95. The summed E-state index contributed by atoms with van der Waals surface area (Å²) < 4.78 is 0. The second kappa shape index (κ2) is 4.75. The summed E-state index contributed by atoms with van der Waals surface area (Å²) in [5.41, 5.74) is 1.62. The molecule has 0 spiro atoms. The van der Waals surface area contributed by atoms with Gasteiger partial charge in [-0.1, -0.05) is 31.6 Å². The van der Waals surface area contributed by atoms with E-state index >= 15 is 0 Å². The molecule has 5 aliphatic carbocycles. The summed E-state index contributed by atoms with van der Waals surface area (Å²) in [6.45, 7) is 6.35. The molecule has 0 saturated heterocycles. The Labute approximate surface area is 151 Å². The van der Waals surface area contributed by atoms with Crippen molar-refractivity contribution in [2.75, 3.05) is 0 Å². The lowest BCUT2D eigenvalue weighted by molar-refractivity contribution is -0.136. The predicted octanol–water partition coefficient (Wildman–Crippen LogP) is 4.89. The molecule has 5 rings (SSSR count). The van der Waals surface area contributed by atoms with Gasteiger partial charge in [0.1, 0.15) is 5.78 Å². The van der Waals surface area contributed by atoms with Crippen LogP contribution in [0.3, 0.4) is 0 Å². The molecule has 0 heterocycles. The van der Waals surface area contributed by atoms with Crippen LogP contribution in [0.4, 0.5) is 0 Å². The van der Waals surface area contributed by atoms with Crippen LogP contribution < -0.4 is 0 Å². The van der Waals surface area contributed by atoms with Crippen LogP contribution in [0.15, 0.2) is 23.8 Å². The number of allylic oxidation sites excluding steroid dienone is 3. The standard InChI is InChI=1S/C23H30O2/c1-14-12-18-16(13-20(14)25)4-5-19-17(18)6-7-21(3)22(15(2)24)8-10-23(19,21)11-9-22/h8,10,13-14,17-19H,4-7,9,11-12H2,1-3H3/t14?,17-,18+,19-,21-,22-,23?/m1/s1. The summed E-state index contributed by atoms with van der Waals surface area (Å²) in [4.78, 5) is 24.8. The van der Waals surface area contributed by atoms with E-state index in [0.717, 1.165) is 19.3 Å². The Kier molecular flexibility index (Phi) is 3.05. The van der Waals surface area contributed by atoms with E-state index in [1.54, 1.807) is 0 Å². The highest BCUT2D eigenvalue weighted by Gasteiger charge is 2.73. The zero-order chi connectivity index (χ0) is 17.6. The SMILES string of the molecule is CC(=O)[C@@]12C=CC3(CC1)[C@@H]1CCC4=CC(=O)C(C)C[C@@H]4[C@H]1CC[C@@]32C. The average Bonchev–Trinajstić information content (AvgIpc) is 3.01. The van der Waals surface area contributed by atoms with E-state index in [4.69, 9.17) is 0 Å². The minimum atomic E-state index is -0.191. The molecule has 25 heavy (non-hydrogen) atoms. The van der Waals surface area contributed by atoms with Gasteiger partial charge in [0.15, 0.2) is 5.78 Å². The molecule has 3 saturated carbocycles. The Balaban J connectivity index is 1.56. The summed E-state index contributed by atoms with van der Waals surface area (Å²) in [5.74, 6) is 2.96. The normalized spacial score (nSPS) is 53.1. The quantitative estimate of drug-likeness (QED) is 0.638. The number of hydrogen-bond acceptors (Lipinski definition) is 2. The van der Waals surface area contributed by atoms with Gasteiger partial charge in [0.2, 0.25) is 0 Å². The molecule has 0 aromatic heterocycles. The molecule has 2 heteroatoms. The third-order valence-electron chi connectivity index (χ3n) is 9.55. The van der Waals surface area contributed by atoms with Gasteiger partial charge in [-0.05, 0) is 86.5 Å². The average molecular weight is 338 g/mol. The van der Waals surface area contributed by atoms with Gasteiger partial charge < -0.3 is 0 Å². The van der Waals surface area contributed by atoms with Crippen LogP contribution >= 0.6 is 0 Å². The summed E-state index contributed by atoms with van der Waals surface area (Å²) in [6.07, 6.45) is 14.8. The molecule has 0 aromatic carbocycles. The van der Waals surface area contributed by atoms with Crippen molar-refractivity contribution in [3.63, 3.8) is 0 Å². The van der Waals surface area contributed by atoms with E-state index in [9.17, 15) is 9.59 Å². The van der Waals surface area contributed by atoms with Gasteiger partial charge in [0.05, 0.1) is 5.41 Å². The first-order chi connectivity index (χ1) is 11.8. The Morgan fingerprint density at radius 1 is 1.16 bits per heavy atom. The van der Waals surface area contributed by atoms with Gasteiger partial charge in [0.25, 0.3) is 0 Å². The number of hydrogen-bond donors (Lipinski definition) is 0. The van der Waals surface area contributed by atoms with Crippen molar-refractivity contribution in [2.45, 2.75) is 65.7 Å². The highest BCUT2D eigenvalue weighted by Crippen LogP contribution is 2.78. The van der Waals surface area contributed by atoms with Gasteiger partial charge in [-0.3, -0.25) is 9.59 Å². The summed E-state index contributed by atoms with van der Waals surface area (Å²) in [5, 5.41) is 0. The van der Waals surface area contributed by atoms with Gasteiger partial charge in [-0.2, -0.15) is 0 Å². The zero-order valence-electron chi connectivity index (χ0n) is 15.8. The molecule has 0 aromatic rings. The fourth-order valence-electron chi connectivity index (χ4n) is 8.15. The van der Waals surface area contributed by atoms with Crippen molar-refractivity contribution in [1.82, 2.24) is 0 Å². The maximum Gasteiger partial charge on any atom is 0.158 e. The van der Waals surface area contributed by atoms with Gasteiger partial charge >= 0.3 is 0 Å². The molecule has 2 bridgehead atoms. The van der Waals surface area contributed by atoms with Crippen LogP contribution in [0.2, 0.25) is 0 Å². The van der Waals surface area contributed by atoms with Crippen molar-refractivity contribution in [1.29, 1.82) is 0 Å².